The SMILES string of the molecule is COC(=O)c1ccccc1-n1c(C)cc(/C=C(/C#N)C(=O)Nn2c(C)ccc2C)c1C. The van der Waals surface area contributed by atoms with E-state index in [9.17, 15) is 14.9 Å². The molecule has 0 aliphatic carbocycles. The molecule has 0 bridgehead atoms. The maximum Gasteiger partial charge on any atom is 0.339 e. The fourth-order valence-corrected chi connectivity index (χ4v) is 3.57. The van der Waals surface area contributed by atoms with E-state index in [0.29, 0.717) is 16.8 Å². The van der Waals surface area contributed by atoms with Crippen molar-refractivity contribution in [2.24, 2.45) is 0 Å². The summed E-state index contributed by atoms with van der Waals surface area (Å²) in [5.74, 6) is -0.931. The molecule has 0 fully saturated rings. The van der Waals surface area contributed by atoms with Gasteiger partial charge in [0.15, 0.2) is 0 Å². The van der Waals surface area contributed by atoms with Crippen LogP contribution in [-0.4, -0.2) is 28.2 Å². The normalized spacial score (nSPS) is 11.2. The third-order valence-corrected chi connectivity index (χ3v) is 5.17. The molecule has 7 nitrogen and oxygen atoms in total. The van der Waals surface area contributed by atoms with Crippen LogP contribution in [0.2, 0.25) is 0 Å². The summed E-state index contributed by atoms with van der Waals surface area (Å²) in [7, 11) is 1.34. The standard InChI is InChI=1S/C24H24N4O3/c1-15-10-11-16(2)28(15)26-23(29)20(14-25)13-19-12-17(3)27(18(19)4)22-9-7-6-8-21(22)24(30)31-5/h6-13H,1-5H3,(H,26,29)/b20-13-. The number of methoxy groups -OCH3 is 1. The minimum Gasteiger partial charge on any atom is -0.465 e. The number of ether oxygens (including phenoxy) is 1. The van der Waals surface area contributed by atoms with Gasteiger partial charge in [0.1, 0.15) is 11.6 Å². The van der Waals surface area contributed by atoms with Crippen molar-refractivity contribution >= 4 is 18.0 Å². The van der Waals surface area contributed by atoms with Crippen molar-refractivity contribution in [2.75, 3.05) is 12.5 Å². The van der Waals surface area contributed by atoms with E-state index in [4.69, 9.17) is 4.74 Å². The molecule has 0 aliphatic heterocycles. The highest BCUT2D eigenvalue weighted by Gasteiger charge is 2.18. The van der Waals surface area contributed by atoms with Gasteiger partial charge in [-0.1, -0.05) is 12.1 Å². The molecule has 1 N–H and O–H groups in total. The molecule has 31 heavy (non-hydrogen) atoms. The maximum atomic E-state index is 12.7. The molecular formula is C24H24N4O3. The summed E-state index contributed by atoms with van der Waals surface area (Å²) in [6.07, 6.45) is 1.56. The number of nitriles is 1. The first-order valence-corrected chi connectivity index (χ1v) is 9.73. The smallest absolute Gasteiger partial charge is 0.339 e. The van der Waals surface area contributed by atoms with Crippen LogP contribution in [0.4, 0.5) is 0 Å². The van der Waals surface area contributed by atoms with Crippen LogP contribution in [0.3, 0.4) is 0 Å². The molecule has 1 amide bonds. The fourth-order valence-electron chi connectivity index (χ4n) is 3.57. The number of para-hydroxylation sites is 1. The molecule has 3 rings (SSSR count). The van der Waals surface area contributed by atoms with Gasteiger partial charge in [0.25, 0.3) is 5.91 Å². The van der Waals surface area contributed by atoms with Crippen molar-refractivity contribution in [2.45, 2.75) is 27.7 Å². The number of hydrogen-bond acceptors (Lipinski definition) is 4. The highest BCUT2D eigenvalue weighted by molar-refractivity contribution is 6.06. The van der Waals surface area contributed by atoms with Crippen LogP contribution in [0, 0.1) is 39.0 Å². The lowest BCUT2D eigenvalue weighted by Crippen LogP contribution is -2.25. The third kappa shape index (κ3) is 4.14. The Hall–Kier alpha value is -4.05. The van der Waals surface area contributed by atoms with Gasteiger partial charge in [0.2, 0.25) is 0 Å². The van der Waals surface area contributed by atoms with Crippen LogP contribution < -0.4 is 5.43 Å². The number of aryl methyl sites for hydroxylation is 3. The van der Waals surface area contributed by atoms with Gasteiger partial charge in [-0.05, 0) is 69.7 Å². The molecule has 0 atom stereocenters. The van der Waals surface area contributed by atoms with Crippen molar-refractivity contribution in [1.82, 2.24) is 9.24 Å². The Labute approximate surface area is 181 Å². The number of benzene rings is 1. The van der Waals surface area contributed by atoms with E-state index in [1.807, 2.05) is 68.7 Å². The minimum absolute atomic E-state index is 0.0194. The summed E-state index contributed by atoms with van der Waals surface area (Å²) in [4.78, 5) is 24.9. The highest BCUT2D eigenvalue weighted by Crippen LogP contribution is 2.25. The van der Waals surface area contributed by atoms with Crippen molar-refractivity contribution in [1.29, 1.82) is 5.26 Å². The van der Waals surface area contributed by atoms with Crippen LogP contribution in [0.15, 0.2) is 48.0 Å². The second kappa shape index (κ2) is 8.76. The lowest BCUT2D eigenvalue weighted by molar-refractivity contribution is -0.113. The number of nitrogens with zero attached hydrogens (tertiary/aromatic N) is 3. The zero-order valence-corrected chi connectivity index (χ0v) is 18.2. The van der Waals surface area contributed by atoms with Gasteiger partial charge >= 0.3 is 5.97 Å². The predicted octanol–water partition coefficient (Wildman–Crippen LogP) is 3.98. The number of hydrogen-bond donors (Lipinski definition) is 1. The lowest BCUT2D eigenvalue weighted by Gasteiger charge is -2.13. The number of amides is 1. The van der Waals surface area contributed by atoms with E-state index in [0.717, 1.165) is 22.8 Å². The van der Waals surface area contributed by atoms with Crippen molar-refractivity contribution in [3.05, 3.63) is 81.9 Å². The molecule has 0 radical (unpaired) electrons. The monoisotopic (exact) mass is 416 g/mol. The van der Waals surface area contributed by atoms with Crippen molar-refractivity contribution in [3.63, 3.8) is 0 Å². The quantitative estimate of drug-likeness (QED) is 0.387. The van der Waals surface area contributed by atoms with Crippen LogP contribution in [0.5, 0.6) is 0 Å². The van der Waals surface area contributed by atoms with Crippen molar-refractivity contribution < 1.29 is 14.3 Å². The molecule has 0 aliphatic rings. The van der Waals surface area contributed by atoms with Crippen molar-refractivity contribution in [3.8, 4) is 11.8 Å². The first-order valence-electron chi connectivity index (χ1n) is 9.73. The van der Waals surface area contributed by atoms with Gasteiger partial charge in [-0.25, -0.2) is 4.79 Å². The fraction of sp³-hybridized carbons (Fsp3) is 0.208. The zero-order valence-electron chi connectivity index (χ0n) is 18.2. The number of carbonyl (C=O) groups is 2. The average Bonchev–Trinajstić information content (AvgIpc) is 3.23. The predicted molar refractivity (Wildman–Crippen MR) is 118 cm³/mol. The van der Waals surface area contributed by atoms with Gasteiger partial charge in [-0.3, -0.25) is 14.9 Å². The lowest BCUT2D eigenvalue weighted by atomic mass is 10.1. The second-order valence-corrected chi connectivity index (χ2v) is 7.23. The molecule has 2 heterocycles. The Morgan fingerprint density at radius 1 is 1.03 bits per heavy atom. The molecule has 0 spiro atoms. The Morgan fingerprint density at radius 2 is 1.68 bits per heavy atom. The van der Waals surface area contributed by atoms with Gasteiger partial charge < -0.3 is 9.30 Å². The number of esters is 1. The van der Waals surface area contributed by atoms with Gasteiger partial charge in [-0.15, -0.1) is 0 Å². The first-order chi connectivity index (χ1) is 14.8. The van der Waals surface area contributed by atoms with Gasteiger partial charge in [0, 0.05) is 22.8 Å². The Balaban J connectivity index is 2.02. The van der Waals surface area contributed by atoms with Crippen LogP contribution in [0.1, 0.15) is 38.7 Å². The summed E-state index contributed by atoms with van der Waals surface area (Å²) in [6, 6.07) is 14.8. The topological polar surface area (TPSA) is 89.1 Å². The van der Waals surface area contributed by atoms with Crippen LogP contribution in [-0.2, 0) is 9.53 Å². The summed E-state index contributed by atoms with van der Waals surface area (Å²) in [6.45, 7) is 7.52. The Bertz CT molecular complexity index is 1220. The van der Waals surface area contributed by atoms with Gasteiger partial charge in [-0.2, -0.15) is 5.26 Å². The summed E-state index contributed by atoms with van der Waals surface area (Å²) >= 11 is 0. The molecule has 7 heteroatoms. The first kappa shape index (κ1) is 21.7. The average molecular weight is 416 g/mol. The van der Waals surface area contributed by atoms with E-state index in [-0.39, 0.29) is 5.57 Å². The number of aromatic nitrogens is 2. The van der Waals surface area contributed by atoms with E-state index >= 15 is 0 Å². The summed E-state index contributed by atoms with van der Waals surface area (Å²) < 4.78 is 8.46. The number of carbonyl (C=O) groups excluding carboxylic acids is 2. The second-order valence-electron chi connectivity index (χ2n) is 7.23. The summed E-state index contributed by atoms with van der Waals surface area (Å²) in [5, 5.41) is 9.60. The minimum atomic E-state index is -0.496. The summed E-state index contributed by atoms with van der Waals surface area (Å²) in [5.41, 5.74) is 7.92. The molecule has 2 aromatic heterocycles. The third-order valence-electron chi connectivity index (χ3n) is 5.17. The molecule has 0 unspecified atom stereocenters. The Kier molecular flexibility index (Phi) is 6.12. The maximum absolute atomic E-state index is 12.7. The van der Waals surface area contributed by atoms with E-state index in [1.54, 1.807) is 22.9 Å². The number of nitrogens with one attached hydrogen (secondary N) is 1. The van der Waals surface area contributed by atoms with E-state index in [2.05, 4.69) is 5.43 Å². The molecule has 158 valence electrons. The molecule has 3 aromatic rings. The molecule has 0 saturated carbocycles. The van der Waals surface area contributed by atoms with Crippen LogP contribution >= 0.6 is 0 Å². The largest absolute Gasteiger partial charge is 0.465 e. The molecular weight excluding hydrogens is 392 g/mol. The van der Waals surface area contributed by atoms with E-state index < -0.39 is 11.9 Å². The molecule has 1 aromatic carbocycles. The Morgan fingerprint density at radius 3 is 2.29 bits per heavy atom. The number of rotatable bonds is 5. The van der Waals surface area contributed by atoms with Crippen LogP contribution in [0.25, 0.3) is 11.8 Å². The zero-order chi connectivity index (χ0) is 22.7. The van der Waals surface area contributed by atoms with E-state index in [1.165, 1.54) is 7.11 Å². The highest BCUT2D eigenvalue weighted by atomic mass is 16.5. The van der Waals surface area contributed by atoms with Gasteiger partial charge in [0.05, 0.1) is 18.4 Å². The molecule has 0 saturated heterocycles.